The van der Waals surface area contributed by atoms with Gasteiger partial charge in [-0.2, -0.15) is 0 Å². The Morgan fingerprint density at radius 1 is 1.13 bits per heavy atom. The second kappa shape index (κ2) is 6.89. The molecule has 0 aliphatic heterocycles. The molecule has 1 amide bonds. The first-order valence-electron chi connectivity index (χ1n) is 6.91. The monoisotopic (exact) mass is 336 g/mol. The van der Waals surface area contributed by atoms with E-state index in [1.54, 1.807) is 25.1 Å². The summed E-state index contributed by atoms with van der Waals surface area (Å²) in [5.41, 5.74) is 1.54. The van der Waals surface area contributed by atoms with Crippen LogP contribution in [-0.4, -0.2) is 20.9 Å². The number of carbonyl (C=O) groups is 1. The number of benzene rings is 2. The maximum absolute atomic E-state index is 13.4. The number of carbonyl (C=O) groups excluding carboxylic acids is 1. The molecule has 0 fully saturated rings. The summed E-state index contributed by atoms with van der Waals surface area (Å²) in [7, 11) is -3.81. The Morgan fingerprint density at radius 2 is 1.83 bits per heavy atom. The van der Waals surface area contributed by atoms with Crippen molar-refractivity contribution in [3.63, 3.8) is 0 Å². The fraction of sp³-hybridized carbons (Fsp3) is 0.188. The van der Waals surface area contributed by atoms with Gasteiger partial charge in [-0.25, -0.2) is 17.5 Å². The highest BCUT2D eigenvalue weighted by molar-refractivity contribution is 7.89. The van der Waals surface area contributed by atoms with Gasteiger partial charge in [-0.3, -0.25) is 4.79 Å². The molecule has 0 aliphatic carbocycles. The molecule has 0 spiro atoms. The Labute approximate surface area is 134 Å². The van der Waals surface area contributed by atoms with Crippen molar-refractivity contribution in [2.45, 2.75) is 18.7 Å². The summed E-state index contributed by atoms with van der Waals surface area (Å²) >= 11 is 0. The second-order valence-electron chi connectivity index (χ2n) is 5.12. The summed E-state index contributed by atoms with van der Waals surface area (Å²) in [5.74, 6) is -1.23. The highest BCUT2D eigenvalue weighted by Gasteiger charge is 2.18. The fourth-order valence-corrected chi connectivity index (χ4v) is 3.30. The van der Waals surface area contributed by atoms with Crippen molar-refractivity contribution in [3.8, 4) is 0 Å². The van der Waals surface area contributed by atoms with Crippen molar-refractivity contribution < 1.29 is 17.6 Å². The van der Waals surface area contributed by atoms with Crippen LogP contribution >= 0.6 is 0 Å². The number of hydrogen-bond donors (Lipinski definition) is 2. The molecule has 2 aromatic carbocycles. The van der Waals surface area contributed by atoms with Gasteiger partial charge in [0, 0.05) is 0 Å². The van der Waals surface area contributed by atoms with Crippen LogP contribution in [0, 0.1) is 19.7 Å². The zero-order valence-electron chi connectivity index (χ0n) is 12.8. The molecule has 0 saturated carbocycles. The number of halogens is 1. The molecule has 2 rings (SSSR count). The van der Waals surface area contributed by atoms with Crippen LogP contribution in [0.4, 0.5) is 10.1 Å². The van der Waals surface area contributed by atoms with E-state index in [0.29, 0.717) is 5.56 Å². The second-order valence-corrected chi connectivity index (χ2v) is 6.86. The Morgan fingerprint density at radius 3 is 2.48 bits per heavy atom. The summed E-state index contributed by atoms with van der Waals surface area (Å²) in [6.07, 6.45) is 0. The average Bonchev–Trinajstić information content (AvgIpc) is 2.47. The number of sulfonamides is 1. The lowest BCUT2D eigenvalue weighted by molar-refractivity contribution is -0.115. The van der Waals surface area contributed by atoms with Gasteiger partial charge in [0.25, 0.3) is 0 Å². The third-order valence-corrected chi connectivity index (χ3v) is 4.75. The van der Waals surface area contributed by atoms with Crippen LogP contribution in [0.1, 0.15) is 11.1 Å². The van der Waals surface area contributed by atoms with Crippen LogP contribution in [0.3, 0.4) is 0 Å². The number of rotatable bonds is 5. The minimum absolute atomic E-state index is 0.00298. The average molecular weight is 336 g/mol. The van der Waals surface area contributed by atoms with Crippen molar-refractivity contribution in [1.29, 1.82) is 0 Å². The first-order chi connectivity index (χ1) is 10.8. The van der Waals surface area contributed by atoms with Crippen molar-refractivity contribution in [3.05, 3.63) is 59.4 Å². The number of para-hydroxylation sites is 1. The molecule has 2 N–H and O–H groups in total. The van der Waals surface area contributed by atoms with E-state index in [2.05, 4.69) is 10.0 Å². The van der Waals surface area contributed by atoms with Gasteiger partial charge in [0.15, 0.2) is 0 Å². The Hall–Kier alpha value is -2.25. The van der Waals surface area contributed by atoms with Crippen LogP contribution in [0.15, 0.2) is 47.4 Å². The largest absolute Gasteiger partial charge is 0.322 e. The van der Waals surface area contributed by atoms with Crippen molar-refractivity contribution >= 4 is 21.6 Å². The van der Waals surface area contributed by atoms with E-state index in [-0.39, 0.29) is 10.6 Å². The summed E-state index contributed by atoms with van der Waals surface area (Å²) in [6.45, 7) is 3.06. The summed E-state index contributed by atoms with van der Waals surface area (Å²) in [4.78, 5) is 11.9. The fourth-order valence-electron chi connectivity index (χ4n) is 2.10. The van der Waals surface area contributed by atoms with Crippen LogP contribution in [0.25, 0.3) is 0 Å². The smallest absolute Gasteiger partial charge is 0.241 e. The number of hydrogen-bond acceptors (Lipinski definition) is 3. The van der Waals surface area contributed by atoms with Crippen LogP contribution in [-0.2, 0) is 14.8 Å². The minimum Gasteiger partial charge on any atom is -0.322 e. The van der Waals surface area contributed by atoms with Crippen molar-refractivity contribution in [2.24, 2.45) is 0 Å². The third kappa shape index (κ3) is 4.37. The van der Waals surface area contributed by atoms with E-state index in [1.165, 1.54) is 24.3 Å². The topological polar surface area (TPSA) is 75.3 Å². The van der Waals surface area contributed by atoms with Gasteiger partial charge in [-0.1, -0.05) is 29.8 Å². The van der Waals surface area contributed by atoms with Gasteiger partial charge >= 0.3 is 0 Å². The first kappa shape index (κ1) is 17.1. The summed E-state index contributed by atoms with van der Waals surface area (Å²) in [6, 6.07) is 10.6. The SMILES string of the molecule is Cc1ccc(S(=O)(=O)NCC(=O)Nc2ccccc2F)c(C)c1. The van der Waals surface area contributed by atoms with Gasteiger partial charge in [0.05, 0.1) is 17.1 Å². The Bertz CT molecular complexity index is 835. The summed E-state index contributed by atoms with van der Waals surface area (Å²) in [5, 5.41) is 2.32. The lowest BCUT2D eigenvalue weighted by Gasteiger charge is -2.10. The molecule has 7 heteroatoms. The molecule has 0 atom stereocenters. The van der Waals surface area contributed by atoms with Crippen molar-refractivity contribution in [1.82, 2.24) is 4.72 Å². The number of amides is 1. The van der Waals surface area contributed by atoms with Crippen LogP contribution in [0.2, 0.25) is 0 Å². The molecular formula is C16H17FN2O3S. The first-order valence-corrected chi connectivity index (χ1v) is 8.39. The molecule has 23 heavy (non-hydrogen) atoms. The van der Waals surface area contributed by atoms with Gasteiger partial charge in [0.1, 0.15) is 5.82 Å². The highest BCUT2D eigenvalue weighted by Crippen LogP contribution is 2.16. The molecule has 0 radical (unpaired) electrons. The van der Waals surface area contributed by atoms with Gasteiger partial charge in [-0.05, 0) is 37.6 Å². The van der Waals surface area contributed by atoms with Gasteiger partial charge in [-0.15, -0.1) is 0 Å². The Kier molecular flexibility index (Phi) is 5.12. The zero-order chi connectivity index (χ0) is 17.0. The molecule has 0 unspecified atom stereocenters. The predicted molar refractivity (Wildman–Crippen MR) is 86.1 cm³/mol. The van der Waals surface area contributed by atoms with Crippen LogP contribution < -0.4 is 10.0 Å². The molecule has 0 bridgehead atoms. The summed E-state index contributed by atoms with van der Waals surface area (Å²) < 4.78 is 40.1. The van der Waals surface area contributed by atoms with Crippen molar-refractivity contribution in [2.75, 3.05) is 11.9 Å². The lowest BCUT2D eigenvalue weighted by Crippen LogP contribution is -2.33. The molecule has 5 nitrogen and oxygen atoms in total. The lowest BCUT2D eigenvalue weighted by atomic mass is 10.2. The van der Waals surface area contributed by atoms with E-state index in [9.17, 15) is 17.6 Å². The molecule has 0 saturated heterocycles. The van der Waals surface area contributed by atoms with Gasteiger partial charge in [0.2, 0.25) is 15.9 Å². The standard InChI is InChI=1S/C16H17FN2O3S/c1-11-7-8-15(12(2)9-11)23(21,22)18-10-16(20)19-14-6-4-3-5-13(14)17/h3-9,18H,10H2,1-2H3,(H,19,20). The molecule has 0 heterocycles. The number of aryl methyl sites for hydroxylation is 2. The maximum atomic E-state index is 13.4. The molecular weight excluding hydrogens is 319 g/mol. The number of nitrogens with one attached hydrogen (secondary N) is 2. The van der Waals surface area contributed by atoms with E-state index in [0.717, 1.165) is 5.56 Å². The minimum atomic E-state index is -3.81. The van der Waals surface area contributed by atoms with E-state index < -0.39 is 28.3 Å². The zero-order valence-corrected chi connectivity index (χ0v) is 13.6. The quantitative estimate of drug-likeness (QED) is 0.880. The molecule has 122 valence electrons. The van der Waals surface area contributed by atoms with E-state index in [1.807, 2.05) is 6.92 Å². The maximum Gasteiger partial charge on any atom is 0.241 e. The number of anilines is 1. The Balaban J connectivity index is 2.04. The third-order valence-electron chi connectivity index (χ3n) is 3.19. The normalized spacial score (nSPS) is 11.3. The molecule has 0 aromatic heterocycles. The molecule has 2 aromatic rings. The van der Waals surface area contributed by atoms with Gasteiger partial charge < -0.3 is 5.32 Å². The van der Waals surface area contributed by atoms with Crippen LogP contribution in [0.5, 0.6) is 0 Å². The highest BCUT2D eigenvalue weighted by atomic mass is 32.2. The molecule has 0 aliphatic rings. The predicted octanol–water partition coefficient (Wildman–Crippen LogP) is 2.36. The van der Waals surface area contributed by atoms with E-state index in [4.69, 9.17) is 0 Å². The van der Waals surface area contributed by atoms with E-state index >= 15 is 0 Å².